The quantitative estimate of drug-likeness (QED) is 0.349. The predicted molar refractivity (Wildman–Crippen MR) is 124 cm³/mol. The van der Waals surface area contributed by atoms with Crippen LogP contribution in [-0.2, 0) is 30.4 Å². The molecule has 0 saturated heterocycles. The minimum Gasteiger partial charge on any atom is -0.345 e. The molecule has 0 aromatic heterocycles. The fourth-order valence-electron chi connectivity index (χ4n) is 3.50. The number of imide groups is 1. The highest BCUT2D eigenvalue weighted by atomic mass is 16.2. The number of amides is 4. The van der Waals surface area contributed by atoms with E-state index in [1.54, 1.807) is 6.92 Å². The molecule has 2 rings (SSSR count). The Kier molecular flexibility index (Phi) is 9.97. The Balaban J connectivity index is 1.73. The monoisotopic (exact) mass is 455 g/mol. The summed E-state index contributed by atoms with van der Waals surface area (Å²) in [6, 6.07) is 7.92. The topological polar surface area (TPSA) is 113 Å². The molecule has 1 aliphatic rings. The van der Waals surface area contributed by atoms with Crippen LogP contribution in [-0.4, -0.2) is 52.9 Å². The van der Waals surface area contributed by atoms with Crippen molar-refractivity contribution in [1.29, 1.82) is 0 Å². The second kappa shape index (κ2) is 12.7. The summed E-state index contributed by atoms with van der Waals surface area (Å²) in [6.07, 6.45) is 4.83. The first-order valence-corrected chi connectivity index (χ1v) is 11.4. The van der Waals surface area contributed by atoms with Crippen LogP contribution in [0.15, 0.2) is 42.5 Å². The van der Waals surface area contributed by atoms with Crippen LogP contribution in [0.3, 0.4) is 0 Å². The number of nitrogens with one attached hydrogen (secondary N) is 2. The van der Waals surface area contributed by atoms with E-state index in [1.165, 1.54) is 17.1 Å². The lowest BCUT2D eigenvalue weighted by Crippen LogP contribution is -2.53. The molecule has 0 bridgehead atoms. The molecule has 1 aliphatic heterocycles. The molecule has 1 unspecified atom stereocenters. The van der Waals surface area contributed by atoms with Crippen molar-refractivity contribution in [3.63, 3.8) is 0 Å². The maximum absolute atomic E-state index is 12.7. The summed E-state index contributed by atoms with van der Waals surface area (Å²) in [6.45, 7) is 5.64. The first-order valence-electron chi connectivity index (χ1n) is 11.4. The van der Waals surface area contributed by atoms with Crippen molar-refractivity contribution in [2.75, 3.05) is 6.54 Å². The van der Waals surface area contributed by atoms with Crippen molar-refractivity contribution in [1.82, 2.24) is 15.5 Å². The fourth-order valence-corrected chi connectivity index (χ4v) is 3.50. The number of unbranched alkanes of at least 4 members (excludes halogenated alkanes) is 2. The number of ketones is 1. The molecule has 0 radical (unpaired) electrons. The third-order valence-electron chi connectivity index (χ3n) is 5.51. The normalized spacial score (nSPS) is 15.0. The van der Waals surface area contributed by atoms with Gasteiger partial charge < -0.3 is 10.6 Å². The van der Waals surface area contributed by atoms with Crippen molar-refractivity contribution >= 4 is 29.4 Å². The van der Waals surface area contributed by atoms with E-state index in [0.29, 0.717) is 25.8 Å². The number of benzene rings is 1. The number of nitrogens with zero attached hydrogens (tertiary/aromatic N) is 1. The van der Waals surface area contributed by atoms with Crippen LogP contribution in [0, 0.1) is 5.92 Å². The highest BCUT2D eigenvalue weighted by molar-refractivity contribution is 6.12. The van der Waals surface area contributed by atoms with Crippen molar-refractivity contribution in [3.8, 4) is 0 Å². The predicted octanol–water partition coefficient (Wildman–Crippen LogP) is 1.93. The van der Waals surface area contributed by atoms with E-state index in [9.17, 15) is 24.0 Å². The molecule has 0 spiro atoms. The Morgan fingerprint density at radius 3 is 2.12 bits per heavy atom. The van der Waals surface area contributed by atoms with Gasteiger partial charge in [-0.15, -0.1) is 0 Å². The molecule has 1 aromatic rings. The fraction of sp³-hybridized carbons (Fsp3) is 0.480. The zero-order chi connectivity index (χ0) is 24.4. The summed E-state index contributed by atoms with van der Waals surface area (Å²) in [5.41, 5.74) is 0.882. The standard InChI is InChI=1S/C25H33N3O5/c1-17(2)24(25(33)26-18(3)20(29)16-19-10-6-4-7-11-19)27-21(30)12-8-5-9-15-28-22(31)13-14-23(28)32/h4,6-7,10-11,13-14,17-18,24H,5,8-9,12,15-16H2,1-3H3,(H,26,33)(H,27,30)/t18-,24?/m0/s1. The Bertz CT molecular complexity index is 877. The maximum Gasteiger partial charge on any atom is 0.253 e. The van der Waals surface area contributed by atoms with Crippen molar-refractivity contribution in [3.05, 3.63) is 48.0 Å². The van der Waals surface area contributed by atoms with Gasteiger partial charge in [-0.25, -0.2) is 0 Å². The highest BCUT2D eigenvalue weighted by Crippen LogP contribution is 2.09. The Morgan fingerprint density at radius 1 is 0.879 bits per heavy atom. The van der Waals surface area contributed by atoms with Gasteiger partial charge in [0, 0.05) is 31.5 Å². The lowest BCUT2D eigenvalue weighted by Gasteiger charge is -2.24. The molecule has 33 heavy (non-hydrogen) atoms. The second-order valence-corrected chi connectivity index (χ2v) is 8.62. The Labute approximate surface area is 194 Å². The number of hydrogen-bond donors (Lipinski definition) is 2. The summed E-state index contributed by atoms with van der Waals surface area (Å²) >= 11 is 0. The molecule has 0 saturated carbocycles. The van der Waals surface area contributed by atoms with Gasteiger partial charge in [0.15, 0.2) is 5.78 Å². The zero-order valence-corrected chi connectivity index (χ0v) is 19.5. The van der Waals surface area contributed by atoms with Gasteiger partial charge in [-0.1, -0.05) is 50.6 Å². The molecule has 2 N–H and O–H groups in total. The van der Waals surface area contributed by atoms with Crippen LogP contribution in [0.25, 0.3) is 0 Å². The molecule has 8 nitrogen and oxygen atoms in total. The number of hydrogen-bond acceptors (Lipinski definition) is 5. The van der Waals surface area contributed by atoms with Crippen LogP contribution in [0.4, 0.5) is 0 Å². The van der Waals surface area contributed by atoms with Gasteiger partial charge in [0.25, 0.3) is 11.8 Å². The summed E-state index contributed by atoms with van der Waals surface area (Å²) in [5.74, 6) is -1.49. The number of carbonyl (C=O) groups is 5. The van der Waals surface area contributed by atoms with Gasteiger partial charge in [0.2, 0.25) is 11.8 Å². The number of Topliss-reactive ketones (excluding diaryl/α,β-unsaturated/α-hetero) is 1. The molecule has 1 heterocycles. The van der Waals surface area contributed by atoms with E-state index < -0.39 is 12.1 Å². The summed E-state index contributed by atoms with van der Waals surface area (Å²) in [7, 11) is 0. The Morgan fingerprint density at radius 2 is 1.52 bits per heavy atom. The zero-order valence-electron chi connectivity index (χ0n) is 19.5. The molecule has 1 aromatic carbocycles. The Hall–Kier alpha value is -3.29. The van der Waals surface area contributed by atoms with Gasteiger partial charge in [0.1, 0.15) is 6.04 Å². The first kappa shape index (κ1) is 26.0. The molecular formula is C25H33N3O5. The maximum atomic E-state index is 12.7. The number of carbonyl (C=O) groups excluding carboxylic acids is 5. The molecule has 2 atom stereocenters. The summed E-state index contributed by atoms with van der Waals surface area (Å²) in [4.78, 5) is 61.7. The molecular weight excluding hydrogens is 422 g/mol. The van der Waals surface area contributed by atoms with Crippen LogP contribution in [0.1, 0.15) is 52.0 Å². The lowest BCUT2D eigenvalue weighted by molar-refractivity contribution is -0.137. The van der Waals surface area contributed by atoms with Gasteiger partial charge in [0.05, 0.1) is 6.04 Å². The first-order chi connectivity index (χ1) is 15.7. The van der Waals surface area contributed by atoms with E-state index in [-0.39, 0.29) is 48.2 Å². The van der Waals surface area contributed by atoms with Crippen LogP contribution >= 0.6 is 0 Å². The minimum absolute atomic E-state index is 0.103. The summed E-state index contributed by atoms with van der Waals surface area (Å²) < 4.78 is 0. The SMILES string of the molecule is CC(C)C(NC(=O)CCCCCN1C(=O)C=CC1=O)C(=O)N[C@@H](C)C(=O)Cc1ccccc1. The van der Waals surface area contributed by atoms with Crippen molar-refractivity contribution < 1.29 is 24.0 Å². The summed E-state index contributed by atoms with van der Waals surface area (Å²) in [5, 5.41) is 5.49. The van der Waals surface area contributed by atoms with Crippen LogP contribution in [0.5, 0.6) is 0 Å². The molecule has 4 amide bonds. The largest absolute Gasteiger partial charge is 0.345 e. The minimum atomic E-state index is -0.740. The number of rotatable bonds is 13. The molecule has 0 aliphatic carbocycles. The van der Waals surface area contributed by atoms with Gasteiger partial charge in [-0.3, -0.25) is 28.9 Å². The van der Waals surface area contributed by atoms with E-state index in [1.807, 2.05) is 44.2 Å². The van der Waals surface area contributed by atoms with Gasteiger partial charge in [-0.05, 0) is 31.2 Å². The third-order valence-corrected chi connectivity index (χ3v) is 5.51. The smallest absolute Gasteiger partial charge is 0.253 e. The van der Waals surface area contributed by atoms with E-state index >= 15 is 0 Å². The molecule has 8 heteroatoms. The van der Waals surface area contributed by atoms with Gasteiger partial charge >= 0.3 is 0 Å². The van der Waals surface area contributed by atoms with Crippen LogP contribution in [0.2, 0.25) is 0 Å². The van der Waals surface area contributed by atoms with Gasteiger partial charge in [-0.2, -0.15) is 0 Å². The van der Waals surface area contributed by atoms with E-state index in [2.05, 4.69) is 10.6 Å². The third kappa shape index (κ3) is 8.29. The average Bonchev–Trinajstić information content (AvgIpc) is 3.09. The molecule has 178 valence electrons. The molecule has 0 fully saturated rings. The van der Waals surface area contributed by atoms with Crippen LogP contribution < -0.4 is 10.6 Å². The van der Waals surface area contributed by atoms with Crippen molar-refractivity contribution in [2.45, 2.75) is 65.0 Å². The average molecular weight is 456 g/mol. The lowest BCUT2D eigenvalue weighted by atomic mass is 10.0. The van der Waals surface area contributed by atoms with Crippen molar-refractivity contribution in [2.24, 2.45) is 5.92 Å². The second-order valence-electron chi connectivity index (χ2n) is 8.62. The van der Waals surface area contributed by atoms with E-state index in [0.717, 1.165) is 5.56 Å². The van der Waals surface area contributed by atoms with E-state index in [4.69, 9.17) is 0 Å². The highest BCUT2D eigenvalue weighted by Gasteiger charge is 2.27.